The largest absolute Gasteiger partial charge is 0.394 e. The molecule has 0 unspecified atom stereocenters. The van der Waals surface area contributed by atoms with Gasteiger partial charge >= 0.3 is 0 Å². The van der Waals surface area contributed by atoms with Crippen molar-refractivity contribution in [1.29, 1.82) is 0 Å². The van der Waals surface area contributed by atoms with E-state index in [2.05, 4.69) is 48.6 Å². The maximum absolute atomic E-state index is 11.3. The van der Waals surface area contributed by atoms with Crippen LogP contribution in [0.4, 0.5) is 0 Å². The molecule has 4 fully saturated rings. The molecule has 0 saturated carbocycles. The zero-order valence-corrected chi connectivity index (χ0v) is 28.3. The summed E-state index contributed by atoms with van der Waals surface area (Å²) in [5.74, 6) is 0. The van der Waals surface area contributed by atoms with Gasteiger partial charge in [0.2, 0.25) is 5.54 Å². The monoisotopic (exact) mass is 608 g/mol. The van der Waals surface area contributed by atoms with Crippen LogP contribution in [0.5, 0.6) is 0 Å². The van der Waals surface area contributed by atoms with Crippen molar-refractivity contribution in [2.45, 2.75) is 59.5 Å². The number of aliphatic hydroxyl groups excluding tert-OH is 3. The lowest BCUT2D eigenvalue weighted by Gasteiger charge is -2.56. The van der Waals surface area contributed by atoms with Crippen LogP contribution in [-0.4, -0.2) is 192 Å². The van der Waals surface area contributed by atoms with Crippen LogP contribution in [0.3, 0.4) is 0 Å². The van der Waals surface area contributed by atoms with E-state index in [1.54, 1.807) is 25.9 Å². The van der Waals surface area contributed by atoms with Gasteiger partial charge < -0.3 is 20.6 Å². The fourth-order valence-corrected chi connectivity index (χ4v) is 5.08. The van der Waals surface area contributed by atoms with Crippen molar-refractivity contribution in [2.24, 2.45) is 0 Å². The second kappa shape index (κ2) is 21.6. The highest BCUT2D eigenvalue weighted by Gasteiger charge is 2.40. The van der Waals surface area contributed by atoms with E-state index in [-0.39, 0.29) is 24.7 Å². The molecule has 42 heavy (non-hydrogen) atoms. The quantitative estimate of drug-likeness (QED) is 0.142. The highest BCUT2D eigenvalue weighted by Crippen LogP contribution is 2.20. The van der Waals surface area contributed by atoms with Crippen molar-refractivity contribution >= 4 is 0 Å². The van der Waals surface area contributed by atoms with Crippen LogP contribution < -0.4 is 5.32 Å². The van der Waals surface area contributed by atoms with Gasteiger partial charge in [-0.3, -0.25) is 44.4 Å². The molecule has 4 aliphatic heterocycles. The van der Waals surface area contributed by atoms with Crippen LogP contribution in [0.15, 0.2) is 0 Å². The summed E-state index contributed by atoms with van der Waals surface area (Å²) in [4.78, 5) is 26.9. The number of nitrogens with zero attached hydrogens (tertiary/aromatic N) is 8. The van der Waals surface area contributed by atoms with E-state index in [0.29, 0.717) is 13.1 Å². The summed E-state index contributed by atoms with van der Waals surface area (Å²) in [6.45, 7) is 27.2. The molecule has 252 valence electrons. The van der Waals surface area contributed by atoms with Crippen LogP contribution in [0.2, 0.25) is 0 Å². The van der Waals surface area contributed by atoms with E-state index in [9.17, 15) is 10.1 Å². The van der Waals surface area contributed by atoms with Gasteiger partial charge in [0.25, 0.3) is 0 Å². The minimum Gasteiger partial charge on any atom is -0.394 e. The molecule has 0 spiro atoms. The van der Waals surface area contributed by atoms with Gasteiger partial charge in [-0.25, -0.2) is 0 Å². The molecular weight excluding hydrogens is 542 g/mol. The van der Waals surface area contributed by atoms with Crippen molar-refractivity contribution in [3.05, 3.63) is 10.1 Å². The number of hydrogen-bond donors (Lipinski definition) is 4. The standard InChI is InChI=1S/C12H27N3O2.C6H12N4.C6H15NO3.C4H11N/c1-6-13(7-2)10-12(5,15(16)17)11-14(8-3)9-4;1-7-2-9-4-8(1)5-10(3-7)6-9;1-7(2)6(3-8,4-9)5-10;1-3-5-4-2/h6-11H2,1-5H3;1-6H2;8-10H,3-5H2,1-2H3;5H,3-4H2,1-2H3. The van der Waals surface area contributed by atoms with Crippen molar-refractivity contribution < 1.29 is 20.2 Å². The minimum atomic E-state index is -0.877. The normalized spacial score (nSPS) is 22.7. The predicted octanol–water partition coefficient (Wildman–Crippen LogP) is -0.435. The number of hydrogen-bond acceptors (Lipinski definition) is 13. The fourth-order valence-electron chi connectivity index (χ4n) is 5.08. The Balaban J connectivity index is 0.000000576. The number of likely N-dealkylation sites (N-methyl/N-ethyl adjacent to an activating group) is 3. The summed E-state index contributed by atoms with van der Waals surface area (Å²) < 4.78 is 0. The molecule has 4 bridgehead atoms. The number of nitrogens with one attached hydrogen (secondary N) is 1. The summed E-state index contributed by atoms with van der Waals surface area (Å²) in [6, 6.07) is 0. The molecule has 14 heteroatoms. The molecule has 4 heterocycles. The lowest BCUT2D eigenvalue weighted by molar-refractivity contribution is -0.566. The third-order valence-corrected chi connectivity index (χ3v) is 8.09. The van der Waals surface area contributed by atoms with Gasteiger partial charge in [0.15, 0.2) is 0 Å². The number of aliphatic hydroxyl groups is 3. The molecular formula is C28H65N9O5. The van der Waals surface area contributed by atoms with E-state index in [4.69, 9.17) is 15.3 Å². The summed E-state index contributed by atoms with van der Waals surface area (Å²) in [7, 11) is 3.39. The predicted molar refractivity (Wildman–Crippen MR) is 169 cm³/mol. The van der Waals surface area contributed by atoms with E-state index in [1.807, 2.05) is 27.7 Å². The van der Waals surface area contributed by atoms with Gasteiger partial charge in [-0.05, 0) is 53.4 Å². The van der Waals surface area contributed by atoms with E-state index in [1.165, 1.54) is 40.0 Å². The van der Waals surface area contributed by atoms with Gasteiger partial charge in [0, 0.05) is 11.8 Å². The smallest absolute Gasteiger partial charge is 0.244 e. The molecule has 0 radical (unpaired) electrons. The topological polar surface area (TPSA) is 139 Å². The van der Waals surface area contributed by atoms with E-state index in [0.717, 1.165) is 39.3 Å². The van der Waals surface area contributed by atoms with Crippen LogP contribution in [0.25, 0.3) is 0 Å². The van der Waals surface area contributed by atoms with Crippen LogP contribution in [0.1, 0.15) is 48.5 Å². The maximum Gasteiger partial charge on any atom is 0.244 e. The number of nitro groups is 1. The highest BCUT2D eigenvalue weighted by atomic mass is 16.6. The first-order chi connectivity index (χ1) is 19.9. The zero-order chi connectivity index (χ0) is 32.3. The molecule has 0 aliphatic carbocycles. The molecule has 0 amide bonds. The molecule has 4 N–H and O–H groups in total. The molecule has 0 atom stereocenters. The molecule has 4 rings (SSSR count). The van der Waals surface area contributed by atoms with Gasteiger partial charge in [-0.15, -0.1) is 0 Å². The van der Waals surface area contributed by atoms with Crippen LogP contribution in [-0.2, 0) is 0 Å². The Morgan fingerprint density at radius 1 is 0.690 bits per heavy atom. The molecule has 0 aromatic carbocycles. The zero-order valence-electron chi connectivity index (χ0n) is 28.3. The molecule has 14 nitrogen and oxygen atoms in total. The Morgan fingerprint density at radius 2 is 0.976 bits per heavy atom. The second-order valence-corrected chi connectivity index (χ2v) is 11.8. The molecule has 4 aliphatic rings. The first-order valence-electron chi connectivity index (χ1n) is 15.6. The first-order valence-corrected chi connectivity index (χ1v) is 15.6. The lowest BCUT2D eigenvalue weighted by Crippen LogP contribution is -2.71. The van der Waals surface area contributed by atoms with Crippen molar-refractivity contribution in [2.75, 3.05) is 126 Å². The Bertz CT molecular complexity index is 612. The molecule has 4 saturated heterocycles. The first kappa shape index (κ1) is 41.0. The third-order valence-electron chi connectivity index (χ3n) is 8.09. The van der Waals surface area contributed by atoms with Gasteiger partial charge in [-0.1, -0.05) is 41.5 Å². The SMILES string of the molecule is C1N2CN3CN1CN(C2)C3.CCN(CC)CC(C)(CN(CC)CC)[N+](=O)[O-].CCNCC.CN(C)C(CO)(CO)CO. The molecule has 0 aromatic rings. The summed E-state index contributed by atoms with van der Waals surface area (Å²) in [6.07, 6.45) is 0. The lowest BCUT2D eigenvalue weighted by atomic mass is 10.0. The average molecular weight is 608 g/mol. The van der Waals surface area contributed by atoms with E-state index < -0.39 is 11.1 Å². The Morgan fingerprint density at radius 3 is 1.10 bits per heavy atom. The van der Waals surface area contributed by atoms with Crippen molar-refractivity contribution in [1.82, 2.24) is 39.6 Å². The summed E-state index contributed by atoms with van der Waals surface area (Å²) >= 11 is 0. The average Bonchev–Trinajstić information content (AvgIpc) is 2.96. The summed E-state index contributed by atoms with van der Waals surface area (Å²) in [5, 5.41) is 40.8. The van der Waals surface area contributed by atoms with Gasteiger partial charge in [0.1, 0.15) is 0 Å². The maximum atomic E-state index is 11.3. The van der Waals surface area contributed by atoms with Gasteiger partial charge in [0.05, 0.1) is 78.5 Å². The Labute approximate surface area is 255 Å². The Hall–Kier alpha value is -1.04. The van der Waals surface area contributed by atoms with Crippen LogP contribution >= 0.6 is 0 Å². The number of rotatable bonds is 15. The third kappa shape index (κ3) is 13.7. The molecule has 0 aromatic heterocycles. The Kier molecular flexibility index (Phi) is 21.1. The highest BCUT2D eigenvalue weighted by molar-refractivity contribution is 4.85. The van der Waals surface area contributed by atoms with E-state index >= 15 is 0 Å². The summed E-state index contributed by atoms with van der Waals surface area (Å²) in [5.41, 5.74) is -1.75. The van der Waals surface area contributed by atoms with Crippen LogP contribution in [0, 0.1) is 10.1 Å². The minimum absolute atomic E-state index is 0.121. The van der Waals surface area contributed by atoms with Crippen molar-refractivity contribution in [3.63, 3.8) is 0 Å². The van der Waals surface area contributed by atoms with Crippen molar-refractivity contribution in [3.8, 4) is 0 Å². The fraction of sp³-hybridized carbons (Fsp3) is 1.00. The van der Waals surface area contributed by atoms with Gasteiger partial charge in [-0.2, -0.15) is 0 Å². The second-order valence-electron chi connectivity index (χ2n) is 11.8.